The van der Waals surface area contributed by atoms with Crippen LogP contribution in [-0.2, 0) is 4.79 Å². The highest BCUT2D eigenvalue weighted by atomic mass is 19.1. The molecule has 1 saturated carbocycles. The monoisotopic (exact) mass is 391 g/mol. The van der Waals surface area contributed by atoms with Crippen LogP contribution in [0.15, 0.2) is 17.1 Å². The van der Waals surface area contributed by atoms with Crippen LogP contribution in [0.4, 0.5) is 14.5 Å². The van der Waals surface area contributed by atoms with Crippen molar-refractivity contribution in [2.24, 2.45) is 11.1 Å². The Balaban J connectivity index is 1.97. The number of pyridine rings is 1. The van der Waals surface area contributed by atoms with Gasteiger partial charge in [-0.1, -0.05) is 0 Å². The first-order valence-electron chi connectivity index (χ1n) is 8.96. The summed E-state index contributed by atoms with van der Waals surface area (Å²) in [7, 11) is 0. The first kappa shape index (κ1) is 18.5. The van der Waals surface area contributed by atoms with Crippen LogP contribution in [0, 0.1) is 17.0 Å². The van der Waals surface area contributed by atoms with Gasteiger partial charge in [-0.25, -0.2) is 13.6 Å². The molecular weight excluding hydrogens is 372 g/mol. The van der Waals surface area contributed by atoms with Crippen molar-refractivity contribution in [3.05, 3.63) is 39.7 Å². The van der Waals surface area contributed by atoms with Crippen molar-refractivity contribution < 1.29 is 23.5 Å². The predicted octanol–water partition coefficient (Wildman–Crippen LogP) is 1.67. The lowest BCUT2D eigenvalue weighted by atomic mass is 9.89. The minimum Gasteiger partial charge on any atom is -0.477 e. The molecule has 1 aromatic carbocycles. The SMILES string of the molecule is CC1(CN)CN(c2c(F)cc3c(=O)c(C(=O)O)cn(C4CC4)c3c2F)CC1=O. The Kier molecular flexibility index (Phi) is 4.04. The van der Waals surface area contributed by atoms with E-state index in [4.69, 9.17) is 5.73 Å². The third kappa shape index (κ3) is 2.61. The van der Waals surface area contributed by atoms with Gasteiger partial charge in [-0.3, -0.25) is 9.59 Å². The fourth-order valence-corrected chi connectivity index (χ4v) is 3.78. The molecule has 3 N–H and O–H groups in total. The van der Waals surface area contributed by atoms with E-state index < -0.39 is 39.7 Å². The molecular formula is C19H19F2N3O4. The second-order valence-corrected chi connectivity index (χ2v) is 7.78. The molecule has 0 bridgehead atoms. The first-order valence-corrected chi connectivity index (χ1v) is 8.96. The molecule has 2 aromatic rings. The van der Waals surface area contributed by atoms with Gasteiger partial charge in [0.2, 0.25) is 5.43 Å². The lowest BCUT2D eigenvalue weighted by Gasteiger charge is -2.24. The minimum absolute atomic E-state index is 0.0495. The Morgan fingerprint density at radius 2 is 2.04 bits per heavy atom. The molecule has 28 heavy (non-hydrogen) atoms. The van der Waals surface area contributed by atoms with Crippen molar-refractivity contribution in [2.45, 2.75) is 25.8 Å². The van der Waals surface area contributed by atoms with Gasteiger partial charge in [0.05, 0.1) is 22.9 Å². The van der Waals surface area contributed by atoms with Crippen LogP contribution < -0.4 is 16.1 Å². The number of rotatable bonds is 4. The lowest BCUT2D eigenvalue weighted by Crippen LogP contribution is -2.35. The topological polar surface area (TPSA) is 106 Å². The third-order valence-corrected chi connectivity index (χ3v) is 5.67. The molecule has 0 radical (unpaired) electrons. The number of carboxylic acids is 1. The van der Waals surface area contributed by atoms with Crippen LogP contribution >= 0.6 is 0 Å². The van der Waals surface area contributed by atoms with Gasteiger partial charge in [0.25, 0.3) is 0 Å². The van der Waals surface area contributed by atoms with E-state index in [1.54, 1.807) is 6.92 Å². The van der Waals surface area contributed by atoms with Crippen LogP contribution in [0.1, 0.15) is 36.2 Å². The van der Waals surface area contributed by atoms with Crippen molar-refractivity contribution in [1.29, 1.82) is 0 Å². The lowest BCUT2D eigenvalue weighted by molar-refractivity contribution is -0.123. The number of aromatic nitrogens is 1. The second kappa shape index (κ2) is 6.10. The number of carbonyl (C=O) groups is 2. The number of fused-ring (bicyclic) bond motifs is 1. The smallest absolute Gasteiger partial charge is 0.341 e. The van der Waals surface area contributed by atoms with Crippen LogP contribution in [0.2, 0.25) is 0 Å². The number of anilines is 1. The number of Topliss-reactive ketones (excluding diaryl/α,β-unsaturated/α-hetero) is 1. The highest BCUT2D eigenvalue weighted by Crippen LogP contribution is 2.40. The van der Waals surface area contributed by atoms with Gasteiger partial charge in [0.1, 0.15) is 17.1 Å². The maximum Gasteiger partial charge on any atom is 0.341 e. The predicted molar refractivity (Wildman–Crippen MR) is 97.7 cm³/mol. The molecule has 2 fully saturated rings. The maximum atomic E-state index is 15.5. The van der Waals surface area contributed by atoms with Gasteiger partial charge < -0.3 is 20.3 Å². The Labute approximate surface area is 158 Å². The number of halogens is 2. The molecule has 4 rings (SSSR count). The van der Waals surface area contributed by atoms with Crippen molar-refractivity contribution in [3.63, 3.8) is 0 Å². The molecule has 1 saturated heterocycles. The van der Waals surface area contributed by atoms with E-state index in [1.165, 1.54) is 9.47 Å². The molecule has 1 aromatic heterocycles. The zero-order valence-corrected chi connectivity index (χ0v) is 15.2. The van der Waals surface area contributed by atoms with Gasteiger partial charge in [0.15, 0.2) is 11.6 Å². The summed E-state index contributed by atoms with van der Waals surface area (Å²) in [6.07, 6.45) is 2.53. The summed E-state index contributed by atoms with van der Waals surface area (Å²) in [5.74, 6) is -3.64. The molecule has 7 nitrogen and oxygen atoms in total. The number of aromatic carboxylic acids is 1. The number of nitrogens with two attached hydrogens (primary N) is 1. The highest BCUT2D eigenvalue weighted by Gasteiger charge is 2.43. The number of ketones is 1. The number of carbonyl (C=O) groups excluding carboxylic acids is 1. The van der Waals surface area contributed by atoms with Gasteiger partial charge >= 0.3 is 5.97 Å². The van der Waals surface area contributed by atoms with Crippen LogP contribution in [0.5, 0.6) is 0 Å². The molecule has 1 aliphatic heterocycles. The summed E-state index contributed by atoms with van der Waals surface area (Å²) in [6.45, 7) is 1.57. The van der Waals surface area contributed by atoms with Crippen molar-refractivity contribution in [3.8, 4) is 0 Å². The summed E-state index contributed by atoms with van der Waals surface area (Å²) in [5, 5.41) is 8.95. The van der Waals surface area contributed by atoms with Crippen molar-refractivity contribution >= 4 is 28.3 Å². The summed E-state index contributed by atoms with van der Waals surface area (Å²) >= 11 is 0. The Morgan fingerprint density at radius 3 is 2.57 bits per heavy atom. The quantitative estimate of drug-likeness (QED) is 0.821. The van der Waals surface area contributed by atoms with E-state index in [0.29, 0.717) is 12.8 Å². The molecule has 0 spiro atoms. The van der Waals surface area contributed by atoms with Crippen molar-refractivity contribution in [1.82, 2.24) is 4.57 Å². The molecule has 2 aliphatic rings. The first-order chi connectivity index (χ1) is 13.2. The third-order valence-electron chi connectivity index (χ3n) is 5.67. The Bertz CT molecular complexity index is 1090. The standard InChI is InChI=1S/C19H19F2N3O4/c1-19(7-22)8-23(6-13(19)25)16-12(20)4-10-15(14(16)21)24(9-2-3-9)5-11(17(10)26)18(27)28/h4-5,9H,2-3,6-8,22H2,1H3,(H,27,28). The summed E-state index contributed by atoms with van der Waals surface area (Å²) in [4.78, 5) is 37.4. The molecule has 2 heterocycles. The zero-order chi connectivity index (χ0) is 20.4. The van der Waals surface area contributed by atoms with Crippen LogP contribution in [-0.4, -0.2) is 41.1 Å². The van der Waals surface area contributed by atoms with E-state index in [-0.39, 0.29) is 42.4 Å². The number of carboxylic acid groups (broad SMARTS) is 1. The summed E-state index contributed by atoms with van der Waals surface area (Å²) in [6, 6.07) is 0.716. The average molecular weight is 391 g/mol. The largest absolute Gasteiger partial charge is 0.477 e. The summed E-state index contributed by atoms with van der Waals surface area (Å²) in [5.41, 5.74) is 2.76. The number of nitrogens with zero attached hydrogens (tertiary/aromatic N) is 2. The molecule has 148 valence electrons. The fourth-order valence-electron chi connectivity index (χ4n) is 3.78. The van der Waals surface area contributed by atoms with E-state index in [0.717, 1.165) is 12.3 Å². The maximum absolute atomic E-state index is 15.5. The number of benzene rings is 1. The van der Waals surface area contributed by atoms with Crippen molar-refractivity contribution in [2.75, 3.05) is 24.5 Å². The number of hydrogen-bond acceptors (Lipinski definition) is 5. The number of hydrogen-bond donors (Lipinski definition) is 2. The van der Waals surface area contributed by atoms with E-state index in [9.17, 15) is 23.9 Å². The normalized spacial score (nSPS) is 22.3. The van der Waals surface area contributed by atoms with E-state index >= 15 is 4.39 Å². The second-order valence-electron chi connectivity index (χ2n) is 7.78. The minimum atomic E-state index is -1.45. The molecule has 1 unspecified atom stereocenters. The Hall–Kier alpha value is -2.81. The van der Waals surface area contributed by atoms with E-state index in [2.05, 4.69) is 0 Å². The molecule has 9 heteroatoms. The summed E-state index contributed by atoms with van der Waals surface area (Å²) < 4.78 is 31.8. The fraction of sp³-hybridized carbons (Fsp3) is 0.421. The van der Waals surface area contributed by atoms with Crippen LogP contribution in [0.3, 0.4) is 0 Å². The average Bonchev–Trinajstić information content (AvgIpc) is 3.42. The van der Waals surface area contributed by atoms with Gasteiger partial charge in [-0.15, -0.1) is 0 Å². The zero-order valence-electron chi connectivity index (χ0n) is 15.2. The van der Waals surface area contributed by atoms with Gasteiger partial charge in [-0.05, 0) is 25.8 Å². The molecule has 1 aliphatic carbocycles. The van der Waals surface area contributed by atoms with Gasteiger partial charge in [-0.2, -0.15) is 0 Å². The molecule has 1 atom stereocenters. The van der Waals surface area contributed by atoms with Gasteiger partial charge in [0, 0.05) is 25.3 Å². The Morgan fingerprint density at radius 1 is 1.36 bits per heavy atom. The highest BCUT2D eigenvalue weighted by molar-refractivity contribution is 5.96. The molecule has 0 amide bonds. The van der Waals surface area contributed by atoms with E-state index in [1.807, 2.05) is 0 Å². The van der Waals surface area contributed by atoms with Crippen LogP contribution in [0.25, 0.3) is 10.9 Å².